The van der Waals surface area contributed by atoms with Gasteiger partial charge in [-0.05, 0) is 50.9 Å². The Labute approximate surface area is 198 Å². The van der Waals surface area contributed by atoms with E-state index >= 15 is 0 Å². The molecule has 7 rings (SSSR count). The van der Waals surface area contributed by atoms with Gasteiger partial charge in [0.15, 0.2) is 8.07 Å². The molecule has 0 nitrogen and oxygen atoms in total. The Bertz CT molecular complexity index is 1660. The summed E-state index contributed by atoms with van der Waals surface area (Å²) in [6, 6.07) is 43.6. The van der Waals surface area contributed by atoms with Crippen LogP contribution in [0.25, 0.3) is 31.3 Å². The lowest BCUT2D eigenvalue weighted by Gasteiger charge is -2.31. The SMILES string of the molecule is Cc1ccc([Si]2(c3ccccc3)c3ccccc3-c3cc4sc5ccccc5c4cc32)cc1. The van der Waals surface area contributed by atoms with E-state index in [0.717, 1.165) is 0 Å². The fourth-order valence-electron chi connectivity index (χ4n) is 5.77. The third-order valence-electron chi connectivity index (χ3n) is 7.23. The van der Waals surface area contributed by atoms with Gasteiger partial charge in [-0.2, -0.15) is 0 Å². The van der Waals surface area contributed by atoms with Crippen molar-refractivity contribution in [3.63, 3.8) is 0 Å². The van der Waals surface area contributed by atoms with Crippen molar-refractivity contribution in [3.05, 3.63) is 121 Å². The summed E-state index contributed by atoms with van der Waals surface area (Å²) < 4.78 is 2.75. The zero-order chi connectivity index (χ0) is 22.0. The molecule has 1 atom stereocenters. The third kappa shape index (κ3) is 2.56. The molecule has 0 bridgehead atoms. The van der Waals surface area contributed by atoms with Crippen molar-refractivity contribution in [1.82, 2.24) is 0 Å². The Hall–Kier alpha value is -3.46. The molecule has 6 aromatic rings. The van der Waals surface area contributed by atoms with Crippen molar-refractivity contribution in [1.29, 1.82) is 0 Å². The van der Waals surface area contributed by atoms with Crippen LogP contribution in [0.4, 0.5) is 0 Å². The second kappa shape index (κ2) is 7.02. The van der Waals surface area contributed by atoms with E-state index in [-0.39, 0.29) is 0 Å². The highest BCUT2D eigenvalue weighted by atomic mass is 32.1. The van der Waals surface area contributed by atoms with Crippen molar-refractivity contribution < 1.29 is 0 Å². The molecular weight excluding hydrogens is 432 g/mol. The van der Waals surface area contributed by atoms with Gasteiger partial charge >= 0.3 is 0 Å². The summed E-state index contributed by atoms with van der Waals surface area (Å²) in [6.07, 6.45) is 0. The zero-order valence-electron chi connectivity index (χ0n) is 18.4. The standard InChI is InChI=1S/C31H22SSi/c1-21-15-17-23(18-16-21)33(22-9-3-2-4-10-22)30-14-8-6-12-25(30)27-19-29-26(20-31(27)33)24-11-5-7-13-28(24)32-29/h2-20H,1H3. The highest BCUT2D eigenvalue weighted by Gasteiger charge is 2.48. The van der Waals surface area contributed by atoms with Crippen molar-refractivity contribution in [3.8, 4) is 11.1 Å². The van der Waals surface area contributed by atoms with Crippen LogP contribution in [0.15, 0.2) is 115 Å². The van der Waals surface area contributed by atoms with Gasteiger partial charge in [-0.25, -0.2) is 0 Å². The lowest BCUT2D eigenvalue weighted by molar-refractivity contribution is 1.49. The molecule has 1 unspecified atom stereocenters. The highest BCUT2D eigenvalue weighted by Crippen LogP contribution is 2.38. The maximum Gasteiger partial charge on any atom is 0.180 e. The molecule has 2 heteroatoms. The van der Waals surface area contributed by atoms with Crippen LogP contribution in [-0.2, 0) is 0 Å². The maximum absolute atomic E-state index is 2.54. The minimum absolute atomic E-state index is 1.31. The molecule has 1 aliphatic rings. The third-order valence-corrected chi connectivity index (χ3v) is 13.2. The number of hydrogen-bond donors (Lipinski definition) is 0. The van der Waals surface area contributed by atoms with Crippen LogP contribution >= 0.6 is 11.3 Å². The number of benzene rings is 5. The van der Waals surface area contributed by atoms with E-state index in [4.69, 9.17) is 0 Å². The topological polar surface area (TPSA) is 0 Å². The first-order chi connectivity index (χ1) is 16.3. The van der Waals surface area contributed by atoms with E-state index in [2.05, 4.69) is 122 Å². The van der Waals surface area contributed by atoms with Gasteiger partial charge in [0, 0.05) is 20.2 Å². The molecule has 0 amide bonds. The quantitative estimate of drug-likeness (QED) is 0.293. The summed E-state index contributed by atoms with van der Waals surface area (Å²) in [7, 11) is -2.42. The average Bonchev–Trinajstić information content (AvgIpc) is 3.37. The van der Waals surface area contributed by atoms with Gasteiger partial charge in [0.05, 0.1) is 0 Å². The fraction of sp³-hybridized carbons (Fsp3) is 0.0323. The van der Waals surface area contributed by atoms with Crippen molar-refractivity contribution in [2.75, 3.05) is 0 Å². The van der Waals surface area contributed by atoms with Gasteiger partial charge in [-0.1, -0.05) is 109 Å². The molecule has 0 fully saturated rings. The van der Waals surface area contributed by atoms with E-state index in [1.165, 1.54) is 57.6 Å². The van der Waals surface area contributed by atoms with Crippen LogP contribution in [0.5, 0.6) is 0 Å². The average molecular weight is 455 g/mol. The Morgan fingerprint density at radius 3 is 2.06 bits per heavy atom. The fourth-order valence-corrected chi connectivity index (χ4v) is 12.1. The molecule has 0 spiro atoms. The summed E-state index contributed by atoms with van der Waals surface area (Å²) in [5.74, 6) is 0. The lowest BCUT2D eigenvalue weighted by Crippen LogP contribution is -2.72. The number of hydrogen-bond acceptors (Lipinski definition) is 1. The summed E-state index contributed by atoms with van der Waals surface area (Å²) in [5, 5.41) is 8.72. The summed E-state index contributed by atoms with van der Waals surface area (Å²) >= 11 is 1.91. The van der Waals surface area contributed by atoms with Crippen LogP contribution in [-0.4, -0.2) is 8.07 Å². The van der Waals surface area contributed by atoms with Gasteiger partial charge in [-0.15, -0.1) is 11.3 Å². The smallest absolute Gasteiger partial charge is 0.135 e. The van der Waals surface area contributed by atoms with Crippen LogP contribution in [0, 0.1) is 6.92 Å². The van der Waals surface area contributed by atoms with Crippen LogP contribution in [0.3, 0.4) is 0 Å². The number of aryl methyl sites for hydroxylation is 1. The highest BCUT2D eigenvalue weighted by molar-refractivity contribution is 7.26. The number of rotatable bonds is 2. The second-order valence-electron chi connectivity index (χ2n) is 9.02. The Kier molecular flexibility index (Phi) is 4.05. The van der Waals surface area contributed by atoms with E-state index in [9.17, 15) is 0 Å². The molecule has 5 aromatic carbocycles. The number of thiophene rings is 1. The molecule has 0 aliphatic carbocycles. The molecule has 33 heavy (non-hydrogen) atoms. The minimum atomic E-state index is -2.42. The summed E-state index contributed by atoms with van der Waals surface area (Å²) in [4.78, 5) is 0. The van der Waals surface area contributed by atoms with E-state index < -0.39 is 8.07 Å². The molecule has 0 saturated carbocycles. The van der Waals surface area contributed by atoms with Gasteiger partial charge < -0.3 is 0 Å². The molecule has 1 aromatic heterocycles. The zero-order valence-corrected chi connectivity index (χ0v) is 20.2. The lowest BCUT2D eigenvalue weighted by atomic mass is 10.0. The van der Waals surface area contributed by atoms with Gasteiger partial charge in [0.2, 0.25) is 0 Å². The van der Waals surface area contributed by atoms with Crippen molar-refractivity contribution in [2.24, 2.45) is 0 Å². The molecule has 0 radical (unpaired) electrons. The van der Waals surface area contributed by atoms with E-state index in [1.54, 1.807) is 0 Å². The first-order valence-electron chi connectivity index (χ1n) is 11.4. The first kappa shape index (κ1) is 19.0. The van der Waals surface area contributed by atoms with Crippen LogP contribution in [0.2, 0.25) is 0 Å². The molecule has 2 heterocycles. The predicted octanol–water partition coefficient (Wildman–Crippen LogP) is 5.72. The summed E-state index contributed by atoms with van der Waals surface area (Å²) in [6.45, 7) is 2.18. The normalized spacial score (nSPS) is 16.8. The summed E-state index contributed by atoms with van der Waals surface area (Å²) in [5.41, 5.74) is 4.13. The second-order valence-corrected chi connectivity index (χ2v) is 13.8. The van der Waals surface area contributed by atoms with E-state index in [0.29, 0.717) is 0 Å². The molecule has 156 valence electrons. The largest absolute Gasteiger partial charge is 0.180 e. The van der Waals surface area contributed by atoms with Gasteiger partial charge in [-0.3, -0.25) is 0 Å². The van der Waals surface area contributed by atoms with Gasteiger partial charge in [0.25, 0.3) is 0 Å². The monoisotopic (exact) mass is 454 g/mol. The maximum atomic E-state index is 2.54. The number of fused-ring (bicyclic) bond motifs is 6. The molecular formula is C31H22SSi. The van der Waals surface area contributed by atoms with Crippen LogP contribution < -0.4 is 20.7 Å². The van der Waals surface area contributed by atoms with Crippen molar-refractivity contribution in [2.45, 2.75) is 6.92 Å². The Morgan fingerprint density at radius 1 is 0.515 bits per heavy atom. The molecule has 0 saturated heterocycles. The predicted molar refractivity (Wildman–Crippen MR) is 147 cm³/mol. The minimum Gasteiger partial charge on any atom is -0.135 e. The van der Waals surface area contributed by atoms with Crippen LogP contribution in [0.1, 0.15) is 5.56 Å². The first-order valence-corrected chi connectivity index (χ1v) is 14.3. The van der Waals surface area contributed by atoms with E-state index in [1.807, 2.05) is 11.3 Å². The Balaban J connectivity index is 1.68. The van der Waals surface area contributed by atoms with Gasteiger partial charge in [0.1, 0.15) is 0 Å². The molecule has 1 aliphatic heterocycles. The van der Waals surface area contributed by atoms with Crippen molar-refractivity contribution >= 4 is 60.3 Å². The molecule has 0 N–H and O–H groups in total. The Morgan fingerprint density at radius 2 is 1.21 bits per heavy atom.